The summed E-state index contributed by atoms with van der Waals surface area (Å²) >= 11 is 0. The second-order valence-corrected chi connectivity index (χ2v) is 3.16. The van der Waals surface area contributed by atoms with Gasteiger partial charge in [-0.3, -0.25) is 0 Å². The normalized spacial score (nSPS) is 10.5. The highest BCUT2D eigenvalue weighted by molar-refractivity contribution is 7.29. The molecule has 0 spiro atoms. The third-order valence-corrected chi connectivity index (χ3v) is 2.16. The molecule has 0 aromatic heterocycles. The summed E-state index contributed by atoms with van der Waals surface area (Å²) < 4.78 is 22.2. The van der Waals surface area contributed by atoms with Crippen molar-refractivity contribution in [2.45, 2.75) is 0 Å². The summed E-state index contributed by atoms with van der Waals surface area (Å²) in [5.74, 6) is 0.365. The number of aromatic nitrogens is 4. The first-order valence-corrected chi connectivity index (χ1v) is 4.41. The maximum absolute atomic E-state index is 10.7. The van der Waals surface area contributed by atoms with Crippen LogP contribution in [0.3, 0.4) is 0 Å². The van der Waals surface area contributed by atoms with Crippen molar-refractivity contribution in [3.05, 3.63) is 12.7 Å². The Bertz CT molecular complexity index is 482. The summed E-state index contributed by atoms with van der Waals surface area (Å²) in [5.41, 5.74) is 5.74. The molecule has 13 heavy (non-hydrogen) atoms. The van der Waals surface area contributed by atoms with Crippen molar-refractivity contribution in [3.63, 3.8) is 0 Å². The summed E-state index contributed by atoms with van der Waals surface area (Å²) in [6.45, 7) is 0. The quantitative estimate of drug-likeness (QED) is 0.659. The van der Waals surface area contributed by atoms with Gasteiger partial charge < -0.3 is 5.73 Å². The molecule has 0 aromatic rings. The molecule has 2 aliphatic rings. The molecule has 0 saturated carbocycles. The van der Waals surface area contributed by atoms with Crippen molar-refractivity contribution in [3.8, 4) is 11.5 Å². The van der Waals surface area contributed by atoms with Gasteiger partial charge in [-0.15, -0.1) is 0 Å². The molecule has 66 valence electrons. The Morgan fingerprint density at radius 2 is 2.08 bits per heavy atom. The number of nitrogens with two attached hydrogens (primary N) is 1. The summed E-state index contributed by atoms with van der Waals surface area (Å²) in [6.07, 6.45) is 2.33. The monoisotopic (exact) mass is 197 g/mol. The Balaban J connectivity index is 2.82. The molecule has 0 atom stereocenters. The van der Waals surface area contributed by atoms with Crippen molar-refractivity contribution in [1.82, 2.24) is 19.3 Å². The molecular weight excluding hydrogens is 193 g/mol. The van der Waals surface area contributed by atoms with Crippen molar-refractivity contribution >= 4 is 13.6 Å². The van der Waals surface area contributed by atoms with Gasteiger partial charge in [0.2, 0.25) is 0 Å². The van der Waals surface area contributed by atoms with Gasteiger partial charge in [0, 0.05) is 0 Å². The first-order valence-electron chi connectivity index (χ1n) is 3.28. The van der Waals surface area contributed by atoms with Crippen molar-refractivity contribution < 1.29 is 9.13 Å². The first kappa shape index (κ1) is 7.88. The zero-order valence-corrected chi connectivity index (χ0v) is 7.18. The van der Waals surface area contributed by atoms with Crippen molar-refractivity contribution in [1.29, 1.82) is 0 Å². The third kappa shape index (κ3) is 1.09. The lowest BCUT2D eigenvalue weighted by atomic mass is 10.4. The number of anilines is 1. The largest absolute Gasteiger partial charge is 0.433 e. The van der Waals surface area contributed by atoms with Crippen LogP contribution >= 0.6 is 7.83 Å². The van der Waals surface area contributed by atoms with Crippen molar-refractivity contribution in [2.75, 3.05) is 5.73 Å². The zero-order valence-electron chi connectivity index (χ0n) is 6.28. The fourth-order valence-corrected chi connectivity index (χ4v) is 1.40. The van der Waals surface area contributed by atoms with E-state index in [2.05, 4.69) is 15.0 Å². The van der Waals surface area contributed by atoms with Crippen LogP contribution in [0.15, 0.2) is 12.7 Å². The van der Waals surface area contributed by atoms with E-state index in [-0.39, 0.29) is 11.6 Å². The van der Waals surface area contributed by atoms with Crippen LogP contribution in [-0.2, 0) is 9.13 Å². The molecule has 0 amide bonds. The van der Waals surface area contributed by atoms with Crippen LogP contribution in [0.25, 0.3) is 11.5 Å². The van der Waals surface area contributed by atoms with E-state index in [0.29, 0.717) is 5.69 Å². The Morgan fingerprint density at radius 3 is 2.77 bits per heavy atom. The molecule has 0 saturated heterocycles. The topological polar surface area (TPSA) is 104 Å². The second kappa shape index (κ2) is 2.63. The van der Waals surface area contributed by atoms with Gasteiger partial charge in [-0.25, -0.2) is 28.4 Å². The van der Waals surface area contributed by atoms with Crippen LogP contribution < -0.4 is 5.73 Å². The molecule has 0 aliphatic carbocycles. The molecule has 0 aromatic carbocycles. The smallest absolute Gasteiger partial charge is 0.382 e. The number of nitrogen functional groups attached to an aromatic ring is 1. The standard InChI is InChI=1S/C5H4N5O2P/c6-4-3-5(8-1-7-3)10(2-9-4)13(11)12/h1-2H,6H2. The zero-order chi connectivity index (χ0) is 9.42. The molecule has 0 unspecified atom stereocenters. The minimum Gasteiger partial charge on any atom is -0.382 e. The molecule has 2 N–H and O–H groups in total. The number of hydrogen-bond acceptors (Lipinski definition) is 6. The number of hydrogen-bond donors (Lipinski definition) is 1. The Labute approximate surface area is 72.9 Å². The highest BCUT2D eigenvalue weighted by Crippen LogP contribution is 2.25. The van der Waals surface area contributed by atoms with E-state index in [4.69, 9.17) is 5.73 Å². The summed E-state index contributed by atoms with van der Waals surface area (Å²) in [7, 11) is -2.79. The van der Waals surface area contributed by atoms with Gasteiger partial charge >= 0.3 is 7.83 Å². The van der Waals surface area contributed by atoms with E-state index in [9.17, 15) is 9.13 Å². The highest BCUT2D eigenvalue weighted by Gasteiger charge is 2.16. The van der Waals surface area contributed by atoms with E-state index in [1.165, 1.54) is 6.33 Å². The lowest BCUT2D eigenvalue weighted by molar-refractivity contribution is 0.507. The molecule has 0 fully saturated rings. The van der Waals surface area contributed by atoms with E-state index >= 15 is 0 Å². The Hall–Kier alpha value is -1.75. The molecule has 2 heterocycles. The maximum Gasteiger partial charge on any atom is 0.433 e. The average molecular weight is 197 g/mol. The van der Waals surface area contributed by atoms with Crippen LogP contribution in [0, 0.1) is 0 Å². The van der Waals surface area contributed by atoms with Gasteiger partial charge in [0.1, 0.15) is 12.7 Å². The Morgan fingerprint density at radius 1 is 1.31 bits per heavy atom. The minimum atomic E-state index is -2.79. The van der Waals surface area contributed by atoms with Gasteiger partial charge in [0.15, 0.2) is 17.3 Å². The fraction of sp³-hybridized carbons (Fsp3) is 0. The molecule has 7 nitrogen and oxygen atoms in total. The molecular formula is C5H4N5O2P. The number of fused-ring (bicyclic) bond motifs is 1. The van der Waals surface area contributed by atoms with Crippen LogP contribution in [0.5, 0.6) is 0 Å². The van der Waals surface area contributed by atoms with Gasteiger partial charge in [-0.2, -0.15) is 0 Å². The lowest BCUT2D eigenvalue weighted by Crippen LogP contribution is -2.01. The fourth-order valence-electron chi connectivity index (χ4n) is 0.961. The van der Waals surface area contributed by atoms with Crippen molar-refractivity contribution in [2.24, 2.45) is 0 Å². The van der Waals surface area contributed by atoms with Crippen LogP contribution in [0.1, 0.15) is 0 Å². The molecule has 0 radical (unpaired) electrons. The van der Waals surface area contributed by atoms with E-state index in [1.54, 1.807) is 0 Å². The van der Waals surface area contributed by atoms with Gasteiger partial charge in [0.25, 0.3) is 0 Å². The summed E-state index contributed by atoms with van der Waals surface area (Å²) in [6, 6.07) is 0. The predicted octanol–water partition coefficient (Wildman–Crippen LogP) is 0.296. The predicted molar refractivity (Wildman–Crippen MR) is 42.5 cm³/mol. The first-order chi connectivity index (χ1) is 6.20. The van der Waals surface area contributed by atoms with Crippen LogP contribution in [0.2, 0.25) is 0 Å². The molecule has 8 heteroatoms. The maximum atomic E-state index is 10.7. The van der Waals surface area contributed by atoms with Crippen LogP contribution in [0.4, 0.5) is 5.82 Å². The second-order valence-electron chi connectivity index (χ2n) is 2.26. The lowest BCUT2D eigenvalue weighted by Gasteiger charge is -2.02. The van der Waals surface area contributed by atoms with Gasteiger partial charge in [0.05, 0.1) is 0 Å². The highest BCUT2D eigenvalue weighted by atomic mass is 31.1. The van der Waals surface area contributed by atoms with Crippen LogP contribution in [-0.4, -0.2) is 19.3 Å². The Kier molecular flexibility index (Phi) is 1.60. The van der Waals surface area contributed by atoms with Gasteiger partial charge in [-0.1, -0.05) is 0 Å². The minimum absolute atomic E-state index is 0.167. The molecule has 2 aliphatic heterocycles. The number of nitrogens with zero attached hydrogens (tertiary/aromatic N) is 4. The molecule has 0 bridgehead atoms. The number of imidazole rings is 1. The van der Waals surface area contributed by atoms with E-state index in [1.807, 2.05) is 0 Å². The van der Waals surface area contributed by atoms with Gasteiger partial charge in [-0.05, 0) is 0 Å². The third-order valence-electron chi connectivity index (χ3n) is 1.52. The average Bonchev–Trinajstić information content (AvgIpc) is 2.53. The number of rotatable bonds is 1. The SMILES string of the molecule is Nc1ncn(P(=O)=O)c2ncnc1-2. The van der Waals surface area contributed by atoms with E-state index in [0.717, 1.165) is 10.7 Å². The summed E-state index contributed by atoms with van der Waals surface area (Å²) in [4.78, 5) is 11.2. The molecule has 2 rings (SSSR count). The van der Waals surface area contributed by atoms with E-state index < -0.39 is 7.83 Å². The summed E-state index contributed by atoms with van der Waals surface area (Å²) in [5, 5.41) is 0.